The molecule has 1 aliphatic rings. The molecule has 20 heavy (non-hydrogen) atoms. The molecule has 0 saturated carbocycles. The average Bonchev–Trinajstić information content (AvgIpc) is 2.90. The van der Waals surface area contributed by atoms with Crippen LogP contribution in [0.2, 0.25) is 10.0 Å². The zero-order chi connectivity index (χ0) is 14.7. The summed E-state index contributed by atoms with van der Waals surface area (Å²) in [7, 11) is 0. The quantitative estimate of drug-likeness (QED) is 0.860. The highest BCUT2D eigenvalue weighted by atomic mass is 35.5. The van der Waals surface area contributed by atoms with Crippen LogP contribution in [0, 0.1) is 0 Å². The molecule has 2 rings (SSSR count). The van der Waals surface area contributed by atoms with Crippen LogP contribution in [-0.2, 0) is 9.59 Å². The Hall–Kier alpha value is -1.26. The van der Waals surface area contributed by atoms with Gasteiger partial charge in [0.2, 0.25) is 11.8 Å². The number of likely N-dealkylation sites (tertiary alicyclic amines) is 1. The fourth-order valence-corrected chi connectivity index (χ4v) is 2.78. The fourth-order valence-electron chi connectivity index (χ4n) is 2.27. The molecule has 108 valence electrons. The molecule has 1 saturated heterocycles. The van der Waals surface area contributed by atoms with Crippen molar-refractivity contribution < 1.29 is 9.59 Å². The molecule has 1 aromatic carbocycles. The van der Waals surface area contributed by atoms with E-state index in [1.807, 2.05) is 0 Å². The molecule has 1 aromatic rings. The Bertz CT molecular complexity index is 528. The minimum absolute atomic E-state index is 0.0106. The Morgan fingerprint density at radius 1 is 1.25 bits per heavy atom. The first-order valence-electron chi connectivity index (χ1n) is 6.50. The normalized spacial score (nSPS) is 14.4. The molecule has 0 aromatic heterocycles. The van der Waals surface area contributed by atoms with Gasteiger partial charge in [-0.2, -0.15) is 0 Å². The molecule has 0 N–H and O–H groups in total. The van der Waals surface area contributed by atoms with E-state index in [0.29, 0.717) is 15.7 Å². The predicted octanol–water partition coefficient (Wildman–Crippen LogP) is 2.97. The van der Waals surface area contributed by atoms with Crippen molar-refractivity contribution in [2.24, 2.45) is 0 Å². The van der Waals surface area contributed by atoms with Crippen LogP contribution in [0.4, 0.5) is 5.69 Å². The third kappa shape index (κ3) is 3.44. The molecule has 1 fully saturated rings. The van der Waals surface area contributed by atoms with Gasteiger partial charge >= 0.3 is 0 Å². The maximum Gasteiger partial charge on any atom is 0.242 e. The van der Waals surface area contributed by atoms with Crippen LogP contribution in [0.25, 0.3) is 0 Å². The Kier molecular flexibility index (Phi) is 4.89. The first-order chi connectivity index (χ1) is 9.49. The Balaban J connectivity index is 2.18. The molecule has 0 bridgehead atoms. The van der Waals surface area contributed by atoms with E-state index in [0.717, 1.165) is 25.9 Å². The lowest BCUT2D eigenvalue weighted by molar-refractivity contribution is -0.130. The van der Waals surface area contributed by atoms with Crippen LogP contribution in [0.3, 0.4) is 0 Å². The van der Waals surface area contributed by atoms with Crippen molar-refractivity contribution in [1.29, 1.82) is 0 Å². The summed E-state index contributed by atoms with van der Waals surface area (Å²) in [6, 6.07) is 4.87. The van der Waals surface area contributed by atoms with Crippen LogP contribution in [-0.4, -0.2) is 36.3 Å². The standard InChI is InChI=1S/C14H16Cl2N2O2/c1-10(19)18(9-14(20)17-6-2-3-7-17)13-5-4-11(15)8-12(13)16/h4-5,8H,2-3,6-7,9H2,1H3. The van der Waals surface area contributed by atoms with Gasteiger partial charge in [0.05, 0.1) is 10.7 Å². The summed E-state index contributed by atoms with van der Waals surface area (Å²) in [5.74, 6) is -0.273. The smallest absolute Gasteiger partial charge is 0.242 e. The summed E-state index contributed by atoms with van der Waals surface area (Å²) in [5, 5.41) is 0.857. The van der Waals surface area contributed by atoms with E-state index in [4.69, 9.17) is 23.2 Å². The fraction of sp³-hybridized carbons (Fsp3) is 0.429. The van der Waals surface area contributed by atoms with Gasteiger partial charge in [-0.25, -0.2) is 0 Å². The van der Waals surface area contributed by atoms with Crippen LogP contribution in [0.1, 0.15) is 19.8 Å². The second-order valence-corrected chi connectivity index (χ2v) is 5.63. The highest BCUT2D eigenvalue weighted by Gasteiger charge is 2.23. The maximum absolute atomic E-state index is 12.2. The van der Waals surface area contributed by atoms with Gasteiger partial charge in [0.15, 0.2) is 0 Å². The van der Waals surface area contributed by atoms with Crippen molar-refractivity contribution in [2.75, 3.05) is 24.5 Å². The number of hydrogen-bond donors (Lipinski definition) is 0. The molecule has 0 atom stereocenters. The second kappa shape index (κ2) is 6.46. The summed E-state index contributed by atoms with van der Waals surface area (Å²) in [6.45, 7) is 2.96. The minimum Gasteiger partial charge on any atom is -0.341 e. The van der Waals surface area contributed by atoms with E-state index in [1.165, 1.54) is 11.8 Å². The lowest BCUT2D eigenvalue weighted by Gasteiger charge is -2.24. The van der Waals surface area contributed by atoms with Crippen molar-refractivity contribution in [3.05, 3.63) is 28.2 Å². The van der Waals surface area contributed by atoms with Gasteiger partial charge in [0.25, 0.3) is 0 Å². The average molecular weight is 315 g/mol. The number of nitrogens with zero attached hydrogens (tertiary/aromatic N) is 2. The van der Waals surface area contributed by atoms with Gasteiger partial charge < -0.3 is 9.80 Å². The minimum atomic E-state index is -0.221. The lowest BCUT2D eigenvalue weighted by Crippen LogP contribution is -2.41. The number of carbonyl (C=O) groups excluding carboxylic acids is 2. The topological polar surface area (TPSA) is 40.6 Å². The van der Waals surface area contributed by atoms with Crippen molar-refractivity contribution in [3.8, 4) is 0 Å². The molecule has 0 radical (unpaired) electrons. The lowest BCUT2D eigenvalue weighted by atomic mass is 10.2. The summed E-state index contributed by atoms with van der Waals surface area (Å²) >= 11 is 12.0. The van der Waals surface area contributed by atoms with Crippen LogP contribution in [0.5, 0.6) is 0 Å². The second-order valence-electron chi connectivity index (χ2n) is 4.79. The van der Waals surface area contributed by atoms with Crippen molar-refractivity contribution >= 4 is 40.7 Å². The van der Waals surface area contributed by atoms with Gasteiger partial charge in [-0.1, -0.05) is 23.2 Å². The SMILES string of the molecule is CC(=O)N(CC(=O)N1CCCC1)c1ccc(Cl)cc1Cl. The molecule has 6 heteroatoms. The molecule has 4 nitrogen and oxygen atoms in total. The Morgan fingerprint density at radius 3 is 2.45 bits per heavy atom. The number of carbonyl (C=O) groups is 2. The van der Waals surface area contributed by atoms with Gasteiger partial charge in [-0.15, -0.1) is 0 Å². The summed E-state index contributed by atoms with van der Waals surface area (Å²) in [4.78, 5) is 27.1. The Morgan fingerprint density at radius 2 is 1.90 bits per heavy atom. The zero-order valence-electron chi connectivity index (χ0n) is 11.2. The number of amides is 2. The van der Waals surface area contributed by atoms with E-state index in [-0.39, 0.29) is 18.4 Å². The largest absolute Gasteiger partial charge is 0.341 e. The summed E-state index contributed by atoms with van der Waals surface area (Å²) in [6.07, 6.45) is 2.04. The Labute approximate surface area is 128 Å². The molecule has 2 amide bonds. The van der Waals surface area contributed by atoms with E-state index in [9.17, 15) is 9.59 Å². The first-order valence-corrected chi connectivity index (χ1v) is 7.25. The summed E-state index contributed by atoms with van der Waals surface area (Å²) in [5.41, 5.74) is 0.510. The van der Waals surface area contributed by atoms with E-state index in [2.05, 4.69) is 0 Å². The predicted molar refractivity (Wildman–Crippen MR) is 80.3 cm³/mol. The number of benzene rings is 1. The van der Waals surface area contributed by atoms with Crippen LogP contribution in [0.15, 0.2) is 18.2 Å². The van der Waals surface area contributed by atoms with Gasteiger partial charge in [0, 0.05) is 25.0 Å². The summed E-state index contributed by atoms with van der Waals surface area (Å²) < 4.78 is 0. The maximum atomic E-state index is 12.2. The number of hydrogen-bond acceptors (Lipinski definition) is 2. The molecular formula is C14H16Cl2N2O2. The molecule has 1 aliphatic heterocycles. The molecular weight excluding hydrogens is 299 g/mol. The molecule has 0 aliphatic carbocycles. The number of rotatable bonds is 3. The van der Waals surface area contributed by atoms with E-state index >= 15 is 0 Å². The number of anilines is 1. The number of halogens is 2. The highest BCUT2D eigenvalue weighted by molar-refractivity contribution is 6.36. The van der Waals surface area contributed by atoms with Crippen molar-refractivity contribution in [2.45, 2.75) is 19.8 Å². The first kappa shape index (κ1) is 15.1. The van der Waals surface area contributed by atoms with Crippen molar-refractivity contribution in [3.63, 3.8) is 0 Å². The van der Waals surface area contributed by atoms with Crippen LogP contribution >= 0.6 is 23.2 Å². The molecule has 0 unspecified atom stereocenters. The van der Waals surface area contributed by atoms with E-state index in [1.54, 1.807) is 23.1 Å². The molecule has 1 heterocycles. The third-order valence-electron chi connectivity index (χ3n) is 3.33. The van der Waals surface area contributed by atoms with Crippen molar-refractivity contribution in [1.82, 2.24) is 4.90 Å². The third-order valence-corrected chi connectivity index (χ3v) is 3.87. The van der Waals surface area contributed by atoms with E-state index < -0.39 is 0 Å². The van der Waals surface area contributed by atoms with Crippen LogP contribution < -0.4 is 4.90 Å². The molecule has 0 spiro atoms. The van der Waals surface area contributed by atoms with Gasteiger partial charge in [-0.05, 0) is 31.0 Å². The van der Waals surface area contributed by atoms with Gasteiger partial charge in [-0.3, -0.25) is 9.59 Å². The zero-order valence-corrected chi connectivity index (χ0v) is 12.7. The highest BCUT2D eigenvalue weighted by Crippen LogP contribution is 2.29. The van der Waals surface area contributed by atoms with Gasteiger partial charge in [0.1, 0.15) is 6.54 Å². The monoisotopic (exact) mass is 314 g/mol.